The topological polar surface area (TPSA) is 46.5 Å². The van der Waals surface area contributed by atoms with Gasteiger partial charge in [-0.1, -0.05) is 27.7 Å². The van der Waals surface area contributed by atoms with Gasteiger partial charge in [-0.15, -0.1) is 0 Å². The second kappa shape index (κ2) is 4.09. The van der Waals surface area contributed by atoms with E-state index in [2.05, 4.69) is 0 Å². The molecule has 0 heterocycles. The first-order valence-electron chi connectivity index (χ1n) is 4.54. The predicted molar refractivity (Wildman–Crippen MR) is 51.7 cm³/mol. The van der Waals surface area contributed by atoms with E-state index in [4.69, 9.17) is 4.74 Å². The molecule has 0 radical (unpaired) electrons. The molecule has 3 heteroatoms. The number of rotatable bonds is 4. The zero-order chi connectivity index (χ0) is 10.7. The Balaban J connectivity index is 4.98. The second-order valence-electron chi connectivity index (χ2n) is 4.42. The summed E-state index contributed by atoms with van der Waals surface area (Å²) in [6, 6.07) is 0. The van der Waals surface area contributed by atoms with Crippen molar-refractivity contribution in [1.29, 1.82) is 0 Å². The monoisotopic (exact) mass is 188 g/mol. The van der Waals surface area contributed by atoms with Gasteiger partial charge in [-0.2, -0.15) is 0 Å². The molecule has 0 aliphatic rings. The molecule has 0 aliphatic carbocycles. The predicted octanol–water partition coefficient (Wildman–Crippen LogP) is 2.16. The van der Waals surface area contributed by atoms with Crippen molar-refractivity contribution in [3.05, 3.63) is 0 Å². The molecule has 0 aromatic heterocycles. The molecule has 1 N–H and O–H groups in total. The van der Waals surface area contributed by atoms with Crippen LogP contribution in [0.1, 0.15) is 34.1 Å². The minimum atomic E-state index is -0.776. The first-order chi connectivity index (χ1) is 5.81. The van der Waals surface area contributed by atoms with E-state index >= 15 is 0 Å². The van der Waals surface area contributed by atoms with Crippen molar-refractivity contribution in [3.63, 3.8) is 0 Å². The maximum Gasteiger partial charge on any atom is 0.312 e. The van der Waals surface area contributed by atoms with E-state index in [0.717, 1.165) is 0 Å². The van der Waals surface area contributed by atoms with Crippen LogP contribution in [-0.4, -0.2) is 24.8 Å². The number of hydrogen-bond acceptors (Lipinski definition) is 2. The third-order valence-corrected chi connectivity index (χ3v) is 2.84. The SMILES string of the molecule is CCC(COC)(C(=O)O)C(C)(C)C. The normalized spacial score (nSPS) is 16.7. The Kier molecular flexibility index (Phi) is 3.91. The Bertz CT molecular complexity index is 181. The van der Waals surface area contributed by atoms with Gasteiger partial charge in [-0.05, 0) is 11.8 Å². The van der Waals surface area contributed by atoms with Gasteiger partial charge < -0.3 is 9.84 Å². The number of ether oxygens (including phenoxy) is 1. The van der Waals surface area contributed by atoms with Gasteiger partial charge in [0.15, 0.2) is 0 Å². The third-order valence-electron chi connectivity index (χ3n) is 2.84. The van der Waals surface area contributed by atoms with Gasteiger partial charge in [0.05, 0.1) is 12.0 Å². The number of aliphatic carboxylic acids is 1. The van der Waals surface area contributed by atoms with Gasteiger partial charge in [0, 0.05) is 7.11 Å². The minimum Gasteiger partial charge on any atom is -0.481 e. The highest BCUT2D eigenvalue weighted by atomic mass is 16.5. The highest BCUT2D eigenvalue weighted by molar-refractivity contribution is 5.75. The van der Waals surface area contributed by atoms with E-state index in [0.29, 0.717) is 6.42 Å². The Hall–Kier alpha value is -0.570. The highest BCUT2D eigenvalue weighted by Gasteiger charge is 2.47. The van der Waals surface area contributed by atoms with E-state index in [1.807, 2.05) is 27.7 Å². The molecule has 3 nitrogen and oxygen atoms in total. The summed E-state index contributed by atoms with van der Waals surface area (Å²) in [5.41, 5.74) is -1.06. The molecule has 1 atom stereocenters. The fraction of sp³-hybridized carbons (Fsp3) is 0.900. The van der Waals surface area contributed by atoms with Crippen LogP contribution in [0.2, 0.25) is 0 Å². The highest BCUT2D eigenvalue weighted by Crippen LogP contribution is 2.42. The molecule has 1 unspecified atom stereocenters. The van der Waals surface area contributed by atoms with Crippen LogP contribution in [0.5, 0.6) is 0 Å². The molecule has 0 rings (SSSR count). The fourth-order valence-electron chi connectivity index (χ4n) is 1.63. The lowest BCUT2D eigenvalue weighted by atomic mass is 9.65. The van der Waals surface area contributed by atoms with Gasteiger partial charge in [-0.3, -0.25) is 4.79 Å². The smallest absolute Gasteiger partial charge is 0.312 e. The van der Waals surface area contributed by atoms with Crippen LogP contribution in [0, 0.1) is 10.8 Å². The molecule has 0 saturated heterocycles. The first-order valence-corrected chi connectivity index (χ1v) is 4.54. The number of methoxy groups -OCH3 is 1. The molecule has 0 bridgehead atoms. The molecule has 78 valence electrons. The molecular weight excluding hydrogens is 168 g/mol. The van der Waals surface area contributed by atoms with Crippen molar-refractivity contribution < 1.29 is 14.6 Å². The molecule has 0 aromatic rings. The van der Waals surface area contributed by atoms with Crippen LogP contribution in [-0.2, 0) is 9.53 Å². The average molecular weight is 188 g/mol. The summed E-state index contributed by atoms with van der Waals surface area (Å²) in [6.07, 6.45) is 0.583. The van der Waals surface area contributed by atoms with Crippen molar-refractivity contribution in [1.82, 2.24) is 0 Å². The zero-order valence-electron chi connectivity index (χ0n) is 9.18. The fourth-order valence-corrected chi connectivity index (χ4v) is 1.63. The van der Waals surface area contributed by atoms with Crippen LogP contribution in [0.15, 0.2) is 0 Å². The number of hydrogen-bond donors (Lipinski definition) is 1. The van der Waals surface area contributed by atoms with Gasteiger partial charge in [0.1, 0.15) is 0 Å². The molecule has 0 aromatic carbocycles. The van der Waals surface area contributed by atoms with Crippen LogP contribution in [0.25, 0.3) is 0 Å². The summed E-state index contributed by atoms with van der Waals surface area (Å²) < 4.78 is 5.01. The van der Waals surface area contributed by atoms with Crippen molar-refractivity contribution in [2.45, 2.75) is 34.1 Å². The summed E-state index contributed by atoms with van der Waals surface area (Å²) >= 11 is 0. The van der Waals surface area contributed by atoms with Gasteiger partial charge in [0.25, 0.3) is 0 Å². The Morgan fingerprint density at radius 1 is 1.38 bits per heavy atom. The van der Waals surface area contributed by atoms with E-state index in [9.17, 15) is 9.90 Å². The lowest BCUT2D eigenvalue weighted by Crippen LogP contribution is -2.46. The summed E-state index contributed by atoms with van der Waals surface area (Å²) in [4.78, 5) is 11.2. The summed E-state index contributed by atoms with van der Waals surface area (Å²) in [6.45, 7) is 7.96. The minimum absolute atomic E-state index is 0.266. The summed E-state index contributed by atoms with van der Waals surface area (Å²) in [7, 11) is 1.54. The van der Waals surface area contributed by atoms with Crippen molar-refractivity contribution in [3.8, 4) is 0 Å². The van der Waals surface area contributed by atoms with Crippen LogP contribution < -0.4 is 0 Å². The molecule has 0 amide bonds. The largest absolute Gasteiger partial charge is 0.481 e. The molecular formula is C10H20O3. The zero-order valence-corrected chi connectivity index (χ0v) is 9.18. The Labute approximate surface area is 80.1 Å². The number of carboxylic acids is 1. The van der Waals surface area contributed by atoms with Crippen LogP contribution in [0.3, 0.4) is 0 Å². The van der Waals surface area contributed by atoms with Gasteiger partial charge in [-0.25, -0.2) is 0 Å². The average Bonchev–Trinajstić information content (AvgIpc) is 1.96. The Morgan fingerprint density at radius 2 is 1.85 bits per heavy atom. The second-order valence-corrected chi connectivity index (χ2v) is 4.42. The van der Waals surface area contributed by atoms with E-state index in [-0.39, 0.29) is 12.0 Å². The maximum absolute atomic E-state index is 11.2. The third kappa shape index (κ3) is 2.21. The molecule has 0 saturated carbocycles. The molecule has 0 spiro atoms. The number of carboxylic acid groups (broad SMARTS) is 1. The lowest BCUT2D eigenvalue weighted by molar-refractivity contribution is -0.162. The molecule has 0 aliphatic heterocycles. The van der Waals surface area contributed by atoms with Gasteiger partial charge >= 0.3 is 5.97 Å². The lowest BCUT2D eigenvalue weighted by Gasteiger charge is -2.39. The summed E-state index contributed by atoms with van der Waals surface area (Å²) in [5.74, 6) is -0.774. The Morgan fingerprint density at radius 3 is 1.92 bits per heavy atom. The molecule has 0 fully saturated rings. The van der Waals surface area contributed by atoms with Crippen molar-refractivity contribution >= 4 is 5.97 Å². The van der Waals surface area contributed by atoms with Crippen LogP contribution >= 0.6 is 0 Å². The van der Waals surface area contributed by atoms with Crippen molar-refractivity contribution in [2.24, 2.45) is 10.8 Å². The van der Waals surface area contributed by atoms with E-state index < -0.39 is 11.4 Å². The number of carbonyl (C=O) groups is 1. The van der Waals surface area contributed by atoms with Crippen LogP contribution in [0.4, 0.5) is 0 Å². The van der Waals surface area contributed by atoms with Crippen molar-refractivity contribution in [2.75, 3.05) is 13.7 Å². The van der Waals surface area contributed by atoms with E-state index in [1.165, 1.54) is 0 Å². The van der Waals surface area contributed by atoms with E-state index in [1.54, 1.807) is 7.11 Å². The molecule has 13 heavy (non-hydrogen) atoms. The van der Waals surface area contributed by atoms with Gasteiger partial charge in [0.2, 0.25) is 0 Å². The summed E-state index contributed by atoms with van der Waals surface area (Å²) in [5, 5.41) is 9.21. The quantitative estimate of drug-likeness (QED) is 0.735. The standard InChI is InChI=1S/C10H20O3/c1-6-10(7-13-5,8(11)12)9(2,3)4/h6-7H2,1-5H3,(H,11,12). The first kappa shape index (κ1) is 12.4. The maximum atomic E-state index is 11.2.